The van der Waals surface area contributed by atoms with Crippen molar-refractivity contribution < 1.29 is 29.8 Å². The first kappa shape index (κ1) is 22.5. The summed E-state index contributed by atoms with van der Waals surface area (Å²) in [4.78, 5) is 33.2. The predicted octanol–water partition coefficient (Wildman–Crippen LogP) is 0.920. The van der Waals surface area contributed by atoms with E-state index in [2.05, 4.69) is 10.3 Å². The number of carboxylic acid groups (broad SMARTS) is 2. The highest BCUT2D eigenvalue weighted by Gasteiger charge is 2.19. The number of aromatic nitrogens is 2. The smallest absolute Gasteiger partial charge is 0.434 e. The number of nitrogens with zero attached hydrogens (tertiary/aromatic N) is 3. The van der Waals surface area contributed by atoms with E-state index in [1.807, 2.05) is 30.3 Å². The van der Waals surface area contributed by atoms with Crippen LogP contribution in [-0.4, -0.2) is 48.0 Å². The number of nitro groups is 1. The Morgan fingerprint density at radius 3 is 2.32 bits per heavy atom. The van der Waals surface area contributed by atoms with Crippen molar-refractivity contribution in [3.8, 4) is 0 Å². The minimum Gasteiger partial charge on any atom is -0.478 e. The fourth-order valence-electron chi connectivity index (χ4n) is 2.04. The molecule has 0 radical (unpaired) electrons. The van der Waals surface area contributed by atoms with Gasteiger partial charge < -0.3 is 25.4 Å². The van der Waals surface area contributed by atoms with E-state index in [1.165, 1.54) is 4.57 Å². The zero-order valence-corrected chi connectivity index (χ0v) is 14.9. The molecule has 1 atom stereocenters. The molecule has 0 amide bonds. The van der Waals surface area contributed by atoms with E-state index in [1.54, 1.807) is 13.1 Å². The number of carbonyl (C=O) groups is 2. The molecule has 0 aliphatic carbocycles. The Hall–Kier alpha value is -3.57. The number of aliphatic hydroxyl groups excluding tert-OH is 1. The van der Waals surface area contributed by atoms with E-state index in [0.717, 1.165) is 5.56 Å². The number of aryl methyl sites for hydroxylation is 1. The summed E-state index contributed by atoms with van der Waals surface area (Å²) in [6, 6.07) is 9.60. The Labute approximate surface area is 159 Å². The molecule has 1 heterocycles. The van der Waals surface area contributed by atoms with Crippen molar-refractivity contribution in [2.45, 2.75) is 26.2 Å². The number of nitrogens with one attached hydrogen (secondary N) is 1. The molecule has 1 aromatic carbocycles. The minimum absolute atomic E-state index is 0.0734. The summed E-state index contributed by atoms with van der Waals surface area (Å²) in [5, 5.41) is 39.2. The lowest BCUT2D eigenvalue weighted by Crippen LogP contribution is -2.32. The van der Waals surface area contributed by atoms with Crippen LogP contribution in [0, 0.1) is 17.0 Å². The molecule has 0 saturated carbocycles. The maximum Gasteiger partial charge on any atom is 0.434 e. The normalized spacial score (nSPS) is 11.5. The highest BCUT2D eigenvalue weighted by atomic mass is 16.6. The molecule has 0 bridgehead atoms. The topological polar surface area (TPSA) is 168 Å². The third-order valence-electron chi connectivity index (χ3n) is 3.16. The van der Waals surface area contributed by atoms with Gasteiger partial charge in [0.15, 0.2) is 0 Å². The molecule has 150 valence electrons. The highest BCUT2D eigenvalue weighted by molar-refractivity contribution is 5.89. The van der Waals surface area contributed by atoms with Gasteiger partial charge in [0.2, 0.25) is 0 Å². The van der Waals surface area contributed by atoms with Crippen molar-refractivity contribution in [1.82, 2.24) is 14.9 Å². The standard InChI is InChI=1S/C13H16N4O3.C4H4O4/c1-10-8-16(13(15-10)17(19)20)9-12(18)14-7-11-5-3-2-4-6-11;5-3(6)1-2-4(7)8/h2-6,8,12,14,18H,7,9H2,1H3;1-2H,(H,5,6)(H,7,8)/b;2-1-. The maximum atomic E-state index is 10.8. The number of benzene rings is 1. The first-order valence-corrected chi connectivity index (χ1v) is 7.96. The van der Waals surface area contributed by atoms with Crippen molar-refractivity contribution in [2.24, 2.45) is 0 Å². The Bertz CT molecular complexity index is 817. The third-order valence-corrected chi connectivity index (χ3v) is 3.16. The monoisotopic (exact) mass is 392 g/mol. The van der Waals surface area contributed by atoms with Crippen molar-refractivity contribution in [1.29, 1.82) is 0 Å². The number of rotatable bonds is 8. The molecule has 0 spiro atoms. The second-order valence-corrected chi connectivity index (χ2v) is 5.48. The zero-order chi connectivity index (χ0) is 21.1. The van der Waals surface area contributed by atoms with Crippen LogP contribution in [-0.2, 0) is 22.7 Å². The number of imidazole rings is 1. The average Bonchev–Trinajstić information content (AvgIpc) is 3.00. The summed E-state index contributed by atoms with van der Waals surface area (Å²) < 4.78 is 1.33. The van der Waals surface area contributed by atoms with Gasteiger partial charge in [-0.15, -0.1) is 0 Å². The van der Waals surface area contributed by atoms with E-state index in [4.69, 9.17) is 10.2 Å². The lowest BCUT2D eigenvalue weighted by atomic mass is 10.2. The molecule has 0 aliphatic heterocycles. The van der Waals surface area contributed by atoms with Gasteiger partial charge in [-0.3, -0.25) is 5.32 Å². The summed E-state index contributed by atoms with van der Waals surface area (Å²) >= 11 is 0. The van der Waals surface area contributed by atoms with Gasteiger partial charge in [0.05, 0.1) is 0 Å². The number of hydrogen-bond acceptors (Lipinski definition) is 7. The van der Waals surface area contributed by atoms with Crippen molar-refractivity contribution in [2.75, 3.05) is 0 Å². The molecule has 4 N–H and O–H groups in total. The van der Waals surface area contributed by atoms with Gasteiger partial charge in [0.1, 0.15) is 24.7 Å². The fraction of sp³-hybridized carbons (Fsp3) is 0.235. The van der Waals surface area contributed by atoms with Crippen LogP contribution in [0.4, 0.5) is 5.95 Å². The Morgan fingerprint density at radius 1 is 1.25 bits per heavy atom. The van der Waals surface area contributed by atoms with Crippen LogP contribution in [0.25, 0.3) is 0 Å². The molecular weight excluding hydrogens is 372 g/mol. The Morgan fingerprint density at radius 2 is 1.82 bits per heavy atom. The molecule has 2 rings (SSSR count). The summed E-state index contributed by atoms with van der Waals surface area (Å²) in [6.07, 6.45) is 1.78. The Balaban J connectivity index is 0.000000416. The fourth-order valence-corrected chi connectivity index (χ4v) is 2.04. The second kappa shape index (κ2) is 11.2. The molecule has 11 nitrogen and oxygen atoms in total. The van der Waals surface area contributed by atoms with E-state index < -0.39 is 23.1 Å². The highest BCUT2D eigenvalue weighted by Crippen LogP contribution is 2.11. The summed E-state index contributed by atoms with van der Waals surface area (Å²) in [5.74, 6) is -2.78. The van der Waals surface area contributed by atoms with Crippen LogP contribution in [0.15, 0.2) is 48.7 Å². The lowest BCUT2D eigenvalue weighted by Gasteiger charge is -2.12. The number of aliphatic carboxylic acids is 2. The van der Waals surface area contributed by atoms with Gasteiger partial charge in [-0.2, -0.15) is 0 Å². The van der Waals surface area contributed by atoms with Gasteiger partial charge in [-0.1, -0.05) is 35.3 Å². The SMILES string of the molecule is Cc1cn(CC(O)NCc2ccccc2)c([N+](=O)[O-])n1.O=C(O)/C=C\C(=O)O. The summed E-state index contributed by atoms with van der Waals surface area (Å²) in [6.45, 7) is 2.24. The largest absolute Gasteiger partial charge is 0.478 e. The predicted molar refractivity (Wildman–Crippen MR) is 97.3 cm³/mol. The van der Waals surface area contributed by atoms with E-state index in [0.29, 0.717) is 24.4 Å². The van der Waals surface area contributed by atoms with Crippen LogP contribution in [0.3, 0.4) is 0 Å². The van der Waals surface area contributed by atoms with Gasteiger partial charge >= 0.3 is 17.9 Å². The first-order chi connectivity index (χ1) is 13.2. The lowest BCUT2D eigenvalue weighted by molar-refractivity contribution is -0.397. The third kappa shape index (κ3) is 8.69. The molecule has 0 fully saturated rings. The van der Waals surface area contributed by atoms with Crippen LogP contribution in [0.2, 0.25) is 0 Å². The summed E-state index contributed by atoms with van der Waals surface area (Å²) in [7, 11) is 0. The first-order valence-electron chi connectivity index (χ1n) is 7.96. The molecule has 1 unspecified atom stereocenters. The Kier molecular flexibility index (Phi) is 8.99. The van der Waals surface area contributed by atoms with Gasteiger partial charge in [-0.25, -0.2) is 14.2 Å². The number of aliphatic hydroxyl groups is 1. The minimum atomic E-state index is -1.26. The summed E-state index contributed by atoms with van der Waals surface area (Å²) in [5.41, 5.74) is 1.58. The molecular formula is C17H20N4O7. The molecule has 11 heteroatoms. The number of carboxylic acids is 2. The van der Waals surface area contributed by atoms with Crippen molar-refractivity contribution in [3.05, 3.63) is 70.1 Å². The van der Waals surface area contributed by atoms with Crippen molar-refractivity contribution in [3.63, 3.8) is 0 Å². The maximum absolute atomic E-state index is 10.8. The van der Waals surface area contributed by atoms with Crippen LogP contribution in [0.1, 0.15) is 11.3 Å². The van der Waals surface area contributed by atoms with Crippen LogP contribution >= 0.6 is 0 Å². The average molecular weight is 392 g/mol. The second-order valence-electron chi connectivity index (χ2n) is 5.48. The molecule has 0 saturated heterocycles. The quantitative estimate of drug-likeness (QED) is 0.221. The van der Waals surface area contributed by atoms with Gasteiger partial charge in [0, 0.05) is 18.7 Å². The molecule has 2 aromatic rings. The molecule has 1 aromatic heterocycles. The number of hydrogen-bond donors (Lipinski definition) is 4. The van der Waals surface area contributed by atoms with E-state index in [-0.39, 0.29) is 12.5 Å². The molecule has 28 heavy (non-hydrogen) atoms. The van der Waals surface area contributed by atoms with Crippen LogP contribution < -0.4 is 5.32 Å². The van der Waals surface area contributed by atoms with E-state index >= 15 is 0 Å². The zero-order valence-electron chi connectivity index (χ0n) is 14.9. The van der Waals surface area contributed by atoms with Crippen molar-refractivity contribution >= 4 is 17.9 Å². The van der Waals surface area contributed by atoms with Crippen LogP contribution in [0.5, 0.6) is 0 Å². The van der Waals surface area contributed by atoms with E-state index in [9.17, 15) is 24.8 Å². The van der Waals surface area contributed by atoms with Gasteiger partial charge in [0.25, 0.3) is 0 Å². The van der Waals surface area contributed by atoms with Gasteiger partial charge in [-0.05, 0) is 17.4 Å². The molecule has 0 aliphatic rings.